The molecule has 0 radical (unpaired) electrons. The second-order valence-electron chi connectivity index (χ2n) is 7.58. The molecule has 2 aliphatic heterocycles. The number of amides is 3. The first-order valence-corrected chi connectivity index (χ1v) is 9.90. The molecule has 1 aromatic carbocycles. The van der Waals surface area contributed by atoms with Crippen molar-refractivity contribution in [3.05, 3.63) is 71.9 Å². The van der Waals surface area contributed by atoms with Crippen LogP contribution in [0.15, 0.2) is 64.3 Å². The summed E-state index contributed by atoms with van der Waals surface area (Å²) >= 11 is 0. The van der Waals surface area contributed by atoms with Crippen molar-refractivity contribution in [1.82, 2.24) is 14.4 Å². The highest BCUT2D eigenvalue weighted by Crippen LogP contribution is 2.29. The van der Waals surface area contributed by atoms with E-state index in [4.69, 9.17) is 4.42 Å². The lowest BCUT2D eigenvalue weighted by molar-refractivity contribution is -0.677. The van der Waals surface area contributed by atoms with Gasteiger partial charge in [0.1, 0.15) is 24.2 Å². The summed E-state index contributed by atoms with van der Waals surface area (Å²) in [5.74, 6) is 1.66. The number of aryl methyl sites for hydroxylation is 1. The summed E-state index contributed by atoms with van der Waals surface area (Å²) in [5.41, 5.74) is 2.05. The minimum Gasteiger partial charge on any atom is -0.466 e. The molecule has 152 valence electrons. The third kappa shape index (κ3) is 2.83. The Balaban J connectivity index is 1.45. The van der Waals surface area contributed by atoms with Crippen molar-refractivity contribution in [3.63, 3.8) is 0 Å². The van der Waals surface area contributed by atoms with Gasteiger partial charge in [-0.05, 0) is 31.0 Å². The fourth-order valence-corrected chi connectivity index (χ4v) is 4.08. The van der Waals surface area contributed by atoms with Gasteiger partial charge in [-0.2, -0.15) is 0 Å². The third-order valence-corrected chi connectivity index (χ3v) is 5.68. The molecule has 0 spiro atoms. The van der Waals surface area contributed by atoms with Gasteiger partial charge in [0.2, 0.25) is 11.9 Å². The quantitative estimate of drug-likeness (QED) is 0.613. The van der Waals surface area contributed by atoms with Crippen LogP contribution >= 0.6 is 0 Å². The molecule has 3 amide bonds. The van der Waals surface area contributed by atoms with E-state index in [9.17, 15) is 9.59 Å². The van der Waals surface area contributed by atoms with E-state index in [-0.39, 0.29) is 11.9 Å². The molecule has 2 aromatic heterocycles. The lowest BCUT2D eigenvalue weighted by Gasteiger charge is -2.33. The van der Waals surface area contributed by atoms with Gasteiger partial charge >= 0.3 is 12.0 Å². The first kappa shape index (κ1) is 18.4. The van der Waals surface area contributed by atoms with Gasteiger partial charge in [0.05, 0.1) is 6.26 Å². The Bertz CT molecular complexity index is 1150. The van der Waals surface area contributed by atoms with Crippen LogP contribution in [0.4, 0.5) is 10.7 Å². The number of carbonyl (C=O) groups excluding carboxylic acids is 2. The Morgan fingerprint density at radius 3 is 2.67 bits per heavy atom. The zero-order chi connectivity index (χ0) is 20.8. The van der Waals surface area contributed by atoms with Gasteiger partial charge in [-0.3, -0.25) is 14.6 Å². The Morgan fingerprint density at radius 2 is 1.93 bits per heavy atom. The molecular formula is C22H22N5O3+. The number of imide groups is 1. The molecule has 1 fully saturated rings. The van der Waals surface area contributed by atoms with Gasteiger partial charge in [-0.25, -0.2) is 13.9 Å². The number of hydrogen-bond donors (Lipinski definition) is 0. The molecule has 8 heteroatoms. The van der Waals surface area contributed by atoms with Crippen molar-refractivity contribution < 1.29 is 18.6 Å². The summed E-state index contributed by atoms with van der Waals surface area (Å²) in [6.45, 7) is 2.81. The minimum absolute atomic E-state index is 0.244. The summed E-state index contributed by atoms with van der Waals surface area (Å²) in [5, 5.41) is 0. The van der Waals surface area contributed by atoms with Crippen LogP contribution in [0.2, 0.25) is 0 Å². The van der Waals surface area contributed by atoms with Crippen LogP contribution in [0.5, 0.6) is 0 Å². The number of urea groups is 1. The number of furan rings is 1. The molecule has 0 bridgehead atoms. The number of fused-ring (bicyclic) bond motifs is 3. The van der Waals surface area contributed by atoms with Gasteiger partial charge in [-0.1, -0.05) is 35.3 Å². The number of aliphatic imine (C=N–C) groups is 1. The highest BCUT2D eigenvalue weighted by atomic mass is 16.3. The molecule has 1 unspecified atom stereocenters. The molecule has 0 N–H and O–H groups in total. The molecule has 30 heavy (non-hydrogen) atoms. The second kappa shape index (κ2) is 6.98. The molecular weight excluding hydrogens is 382 g/mol. The smallest absolute Gasteiger partial charge is 0.402 e. The molecule has 5 rings (SSSR count). The highest BCUT2D eigenvalue weighted by Gasteiger charge is 2.53. The van der Waals surface area contributed by atoms with Gasteiger partial charge in [0, 0.05) is 13.6 Å². The predicted octanol–water partition coefficient (Wildman–Crippen LogP) is 2.45. The van der Waals surface area contributed by atoms with E-state index in [0.29, 0.717) is 31.3 Å². The van der Waals surface area contributed by atoms with E-state index in [0.717, 1.165) is 17.0 Å². The minimum atomic E-state index is -0.630. The van der Waals surface area contributed by atoms with Crippen molar-refractivity contribution in [3.8, 4) is 0 Å². The van der Waals surface area contributed by atoms with Gasteiger partial charge in [-0.15, -0.1) is 0 Å². The topological polar surface area (TPSA) is 74.9 Å². The average molecular weight is 404 g/mol. The summed E-state index contributed by atoms with van der Waals surface area (Å²) < 4.78 is 9.32. The number of imidazole rings is 1. The van der Waals surface area contributed by atoms with Gasteiger partial charge in [0.15, 0.2) is 0 Å². The van der Waals surface area contributed by atoms with Crippen LogP contribution in [0.25, 0.3) is 0 Å². The SMILES string of the molecule is Cc1c[n+]2c(n1Cc1ccco1)N=C1C2C(=O)N(CCc2ccccc2)C(=O)N1C. The van der Waals surface area contributed by atoms with Crippen LogP contribution in [0.1, 0.15) is 23.1 Å². The van der Waals surface area contributed by atoms with Crippen molar-refractivity contribution in [2.45, 2.75) is 25.9 Å². The molecule has 1 saturated heterocycles. The number of aromatic nitrogens is 2. The van der Waals surface area contributed by atoms with E-state index in [2.05, 4.69) is 4.99 Å². The first-order valence-electron chi connectivity index (χ1n) is 9.90. The van der Waals surface area contributed by atoms with Crippen LogP contribution in [-0.4, -0.2) is 45.7 Å². The second-order valence-corrected chi connectivity index (χ2v) is 7.58. The highest BCUT2D eigenvalue weighted by molar-refractivity contribution is 6.19. The van der Waals surface area contributed by atoms with E-state index < -0.39 is 6.04 Å². The van der Waals surface area contributed by atoms with Crippen molar-refractivity contribution in [1.29, 1.82) is 0 Å². The van der Waals surface area contributed by atoms with E-state index in [1.54, 1.807) is 13.3 Å². The van der Waals surface area contributed by atoms with Crippen LogP contribution < -0.4 is 4.57 Å². The van der Waals surface area contributed by atoms with Crippen molar-refractivity contribution >= 4 is 23.7 Å². The lowest BCUT2D eigenvalue weighted by atomic mass is 10.1. The van der Waals surface area contributed by atoms with Crippen molar-refractivity contribution in [2.24, 2.45) is 4.99 Å². The zero-order valence-electron chi connectivity index (χ0n) is 16.9. The van der Waals surface area contributed by atoms with E-state index >= 15 is 0 Å². The Morgan fingerprint density at radius 1 is 1.13 bits per heavy atom. The van der Waals surface area contributed by atoms with Gasteiger partial charge in [0.25, 0.3) is 5.91 Å². The number of carbonyl (C=O) groups is 2. The maximum absolute atomic E-state index is 13.3. The summed E-state index contributed by atoms with van der Waals surface area (Å²) in [6.07, 6.45) is 4.16. The van der Waals surface area contributed by atoms with E-state index in [1.165, 1.54) is 9.80 Å². The van der Waals surface area contributed by atoms with Crippen LogP contribution in [-0.2, 0) is 17.8 Å². The van der Waals surface area contributed by atoms with Gasteiger partial charge < -0.3 is 4.42 Å². The van der Waals surface area contributed by atoms with E-state index in [1.807, 2.05) is 64.7 Å². The number of likely N-dealkylation sites (N-methyl/N-ethyl adjacent to an activating group) is 1. The Hall–Kier alpha value is -3.68. The molecule has 8 nitrogen and oxygen atoms in total. The normalized spacial score (nSPS) is 17.9. The number of nitrogens with zero attached hydrogens (tertiary/aromatic N) is 5. The monoisotopic (exact) mass is 404 g/mol. The Kier molecular flexibility index (Phi) is 4.27. The molecule has 1 atom stereocenters. The van der Waals surface area contributed by atoms with Crippen LogP contribution in [0, 0.1) is 6.92 Å². The standard InChI is InChI=1S/C22H22N5O3/c1-15-13-27-18-19(23-21(27)26(15)14-17-9-6-12-30-17)24(2)22(29)25(20(18)28)11-10-16-7-4-3-5-8-16/h3-9,12-13,18H,10-11,14H2,1-2H3/q+1. The number of hydrogen-bond acceptors (Lipinski definition) is 4. The zero-order valence-corrected chi connectivity index (χ0v) is 16.9. The first-order chi connectivity index (χ1) is 14.5. The maximum Gasteiger partial charge on any atom is 0.402 e. The summed E-state index contributed by atoms with van der Waals surface area (Å²) in [4.78, 5) is 33.7. The predicted molar refractivity (Wildman–Crippen MR) is 108 cm³/mol. The Labute approximate surface area is 173 Å². The largest absolute Gasteiger partial charge is 0.466 e. The average Bonchev–Trinajstić information content (AvgIpc) is 3.45. The molecule has 4 heterocycles. The van der Waals surface area contributed by atoms with Crippen LogP contribution in [0.3, 0.4) is 0 Å². The summed E-state index contributed by atoms with van der Waals surface area (Å²) in [6, 6.07) is 12.6. The number of rotatable bonds is 5. The molecule has 0 saturated carbocycles. The van der Waals surface area contributed by atoms with Crippen molar-refractivity contribution in [2.75, 3.05) is 13.6 Å². The lowest BCUT2D eigenvalue weighted by Crippen LogP contribution is -2.63. The summed E-state index contributed by atoms with van der Waals surface area (Å²) in [7, 11) is 1.67. The number of benzene rings is 1. The molecule has 2 aliphatic rings. The third-order valence-electron chi connectivity index (χ3n) is 5.68. The molecule has 3 aromatic rings. The maximum atomic E-state index is 13.3. The fraction of sp³-hybridized carbons (Fsp3) is 0.273. The molecule has 0 aliphatic carbocycles. The number of amidine groups is 1. The fourth-order valence-electron chi connectivity index (χ4n) is 4.08.